The van der Waals surface area contributed by atoms with Crippen LogP contribution in [-0.4, -0.2) is 26.0 Å². The fraction of sp³-hybridized carbons (Fsp3) is 0.120. The molecule has 0 fully saturated rings. The number of carbonyl (C=O) groups excluding carboxylic acids is 2. The van der Waals surface area contributed by atoms with E-state index in [-0.39, 0.29) is 18.3 Å². The smallest absolute Gasteiger partial charge is 0.337 e. The van der Waals surface area contributed by atoms with Crippen molar-refractivity contribution in [3.8, 4) is 17.1 Å². The van der Waals surface area contributed by atoms with Crippen LogP contribution in [0, 0.1) is 5.82 Å². The Balaban J connectivity index is 1.67. The van der Waals surface area contributed by atoms with Gasteiger partial charge in [0.1, 0.15) is 29.5 Å². The van der Waals surface area contributed by atoms with E-state index < -0.39 is 5.97 Å². The first-order chi connectivity index (χ1) is 15.5. The fourth-order valence-electron chi connectivity index (χ4n) is 3.39. The lowest BCUT2D eigenvalue weighted by Crippen LogP contribution is -2.18. The van der Waals surface area contributed by atoms with Crippen LogP contribution < -0.4 is 10.1 Å². The molecule has 7 heteroatoms. The predicted molar refractivity (Wildman–Crippen MR) is 117 cm³/mol. The summed E-state index contributed by atoms with van der Waals surface area (Å²) in [4.78, 5) is 24.4. The molecule has 0 aliphatic heterocycles. The third kappa shape index (κ3) is 4.18. The van der Waals surface area contributed by atoms with Gasteiger partial charge in [-0.3, -0.25) is 4.79 Å². The number of carbonyl (C=O) groups is 2. The van der Waals surface area contributed by atoms with E-state index in [1.165, 1.54) is 26.3 Å². The van der Waals surface area contributed by atoms with Crippen molar-refractivity contribution >= 4 is 22.8 Å². The summed E-state index contributed by atoms with van der Waals surface area (Å²) in [6.07, 6.45) is 0. The van der Waals surface area contributed by atoms with Crippen LogP contribution in [0.2, 0.25) is 0 Å². The summed E-state index contributed by atoms with van der Waals surface area (Å²) in [5, 5.41) is 3.20. The third-order valence-electron chi connectivity index (χ3n) is 4.97. The number of hydrogen-bond acceptors (Lipinski definition) is 5. The van der Waals surface area contributed by atoms with Crippen LogP contribution in [0.3, 0.4) is 0 Å². The Kier molecular flexibility index (Phi) is 5.89. The summed E-state index contributed by atoms with van der Waals surface area (Å²) >= 11 is 0. The fourth-order valence-corrected chi connectivity index (χ4v) is 3.39. The first-order valence-corrected chi connectivity index (χ1v) is 9.84. The topological polar surface area (TPSA) is 77.8 Å². The van der Waals surface area contributed by atoms with Gasteiger partial charge in [-0.25, -0.2) is 9.18 Å². The second kappa shape index (κ2) is 8.93. The first kappa shape index (κ1) is 21.1. The van der Waals surface area contributed by atoms with Gasteiger partial charge in [-0.1, -0.05) is 12.1 Å². The summed E-state index contributed by atoms with van der Waals surface area (Å²) in [6.45, 7) is 0.217. The first-order valence-electron chi connectivity index (χ1n) is 9.84. The van der Waals surface area contributed by atoms with Gasteiger partial charge in [-0.05, 0) is 60.2 Å². The molecular formula is C25H20FNO5. The monoisotopic (exact) mass is 433 g/mol. The van der Waals surface area contributed by atoms with Crippen molar-refractivity contribution in [1.82, 2.24) is 5.32 Å². The van der Waals surface area contributed by atoms with Crippen molar-refractivity contribution in [3.63, 3.8) is 0 Å². The number of hydrogen-bond donors (Lipinski definition) is 1. The quantitative estimate of drug-likeness (QED) is 0.435. The lowest BCUT2D eigenvalue weighted by atomic mass is 10.0. The number of methoxy groups -OCH3 is 1. The van der Waals surface area contributed by atoms with Crippen LogP contribution >= 0.6 is 0 Å². The molecular weight excluding hydrogens is 413 g/mol. The summed E-state index contributed by atoms with van der Waals surface area (Å²) < 4.78 is 29.9. The van der Waals surface area contributed by atoms with Gasteiger partial charge in [0.15, 0.2) is 0 Å². The van der Waals surface area contributed by atoms with Gasteiger partial charge < -0.3 is 19.2 Å². The van der Waals surface area contributed by atoms with Crippen molar-refractivity contribution < 1.29 is 27.9 Å². The summed E-state index contributed by atoms with van der Waals surface area (Å²) in [6, 6.07) is 17.9. The Morgan fingerprint density at radius 3 is 2.53 bits per heavy atom. The molecule has 4 rings (SSSR count). The maximum Gasteiger partial charge on any atom is 0.337 e. The summed E-state index contributed by atoms with van der Waals surface area (Å²) in [5.74, 6) is -0.251. The van der Waals surface area contributed by atoms with E-state index in [9.17, 15) is 14.0 Å². The Bertz CT molecular complexity index is 1290. The molecule has 0 atom stereocenters. The van der Waals surface area contributed by atoms with E-state index in [1.807, 2.05) is 6.07 Å². The number of ether oxygens (including phenoxy) is 2. The van der Waals surface area contributed by atoms with Crippen molar-refractivity contribution in [3.05, 3.63) is 89.2 Å². The SMILES string of the molecule is CNC(=O)c1c(-c2ccc(F)cc2)oc2ccc(OCc3cccc(C(=O)OC)c3)cc12. The van der Waals surface area contributed by atoms with E-state index in [1.54, 1.807) is 48.5 Å². The molecule has 6 nitrogen and oxygen atoms in total. The van der Waals surface area contributed by atoms with E-state index in [0.29, 0.717) is 39.2 Å². The van der Waals surface area contributed by atoms with Crippen molar-refractivity contribution in [2.24, 2.45) is 0 Å². The molecule has 1 N–H and O–H groups in total. The zero-order chi connectivity index (χ0) is 22.7. The van der Waals surface area contributed by atoms with E-state index >= 15 is 0 Å². The van der Waals surface area contributed by atoms with Crippen LogP contribution in [0.4, 0.5) is 4.39 Å². The van der Waals surface area contributed by atoms with Crippen molar-refractivity contribution in [2.75, 3.05) is 14.2 Å². The van der Waals surface area contributed by atoms with Crippen LogP contribution in [0.25, 0.3) is 22.3 Å². The number of nitrogens with one attached hydrogen (secondary N) is 1. The number of benzene rings is 3. The molecule has 0 saturated carbocycles. The Labute approximate surface area is 183 Å². The van der Waals surface area contributed by atoms with Gasteiger partial charge in [-0.2, -0.15) is 0 Å². The zero-order valence-electron chi connectivity index (χ0n) is 17.5. The van der Waals surface area contributed by atoms with Crippen molar-refractivity contribution in [1.29, 1.82) is 0 Å². The highest BCUT2D eigenvalue weighted by Gasteiger charge is 2.22. The number of fused-ring (bicyclic) bond motifs is 1. The van der Waals surface area contributed by atoms with Crippen LogP contribution in [0.15, 0.2) is 71.1 Å². The maximum absolute atomic E-state index is 13.3. The van der Waals surface area contributed by atoms with Crippen LogP contribution in [0.1, 0.15) is 26.3 Å². The molecule has 4 aromatic rings. The zero-order valence-corrected chi connectivity index (χ0v) is 17.5. The largest absolute Gasteiger partial charge is 0.489 e. The summed E-state index contributed by atoms with van der Waals surface area (Å²) in [5.41, 5.74) is 2.65. The van der Waals surface area contributed by atoms with E-state index in [4.69, 9.17) is 13.9 Å². The van der Waals surface area contributed by atoms with Gasteiger partial charge in [0, 0.05) is 18.0 Å². The third-order valence-corrected chi connectivity index (χ3v) is 4.97. The Hall–Kier alpha value is -4.13. The highest BCUT2D eigenvalue weighted by molar-refractivity contribution is 6.11. The number of halogens is 1. The average Bonchev–Trinajstić information content (AvgIpc) is 3.21. The molecule has 1 heterocycles. The molecule has 0 radical (unpaired) electrons. The van der Waals surface area contributed by atoms with Gasteiger partial charge in [0.2, 0.25) is 0 Å². The minimum atomic E-state index is -0.421. The Morgan fingerprint density at radius 1 is 1.03 bits per heavy atom. The Morgan fingerprint density at radius 2 is 1.81 bits per heavy atom. The second-order valence-corrected chi connectivity index (χ2v) is 7.03. The summed E-state index contributed by atoms with van der Waals surface area (Å²) in [7, 11) is 2.86. The maximum atomic E-state index is 13.3. The van der Waals surface area contributed by atoms with E-state index in [2.05, 4.69) is 5.32 Å². The minimum Gasteiger partial charge on any atom is -0.489 e. The number of esters is 1. The number of furan rings is 1. The molecule has 1 aromatic heterocycles. The average molecular weight is 433 g/mol. The van der Waals surface area contributed by atoms with Crippen LogP contribution in [0.5, 0.6) is 5.75 Å². The molecule has 162 valence electrons. The molecule has 32 heavy (non-hydrogen) atoms. The lowest BCUT2D eigenvalue weighted by molar-refractivity contribution is 0.0600. The molecule has 0 bridgehead atoms. The lowest BCUT2D eigenvalue weighted by Gasteiger charge is -2.08. The van der Waals surface area contributed by atoms with Crippen LogP contribution in [-0.2, 0) is 11.3 Å². The molecule has 0 unspecified atom stereocenters. The molecule has 0 aliphatic rings. The molecule has 1 amide bonds. The van der Waals surface area contributed by atoms with Crippen molar-refractivity contribution in [2.45, 2.75) is 6.61 Å². The normalized spacial score (nSPS) is 10.7. The van der Waals surface area contributed by atoms with Gasteiger partial charge in [0.05, 0.1) is 18.2 Å². The molecule has 0 saturated heterocycles. The van der Waals surface area contributed by atoms with E-state index in [0.717, 1.165) is 5.56 Å². The van der Waals surface area contributed by atoms with Gasteiger partial charge >= 0.3 is 5.97 Å². The number of amides is 1. The molecule has 0 aliphatic carbocycles. The second-order valence-electron chi connectivity index (χ2n) is 7.03. The van der Waals surface area contributed by atoms with Gasteiger partial charge in [0.25, 0.3) is 5.91 Å². The standard InChI is InChI=1S/C25H20FNO5/c1-27-24(28)22-20-13-19(31-14-15-4-3-5-17(12-15)25(29)30-2)10-11-21(20)32-23(22)16-6-8-18(26)9-7-16/h3-13H,14H2,1-2H3,(H,27,28). The number of rotatable bonds is 6. The highest BCUT2D eigenvalue weighted by atomic mass is 19.1. The molecule has 0 spiro atoms. The molecule has 3 aromatic carbocycles. The predicted octanol–water partition coefficient (Wildman–Crippen LogP) is 4.96. The van der Waals surface area contributed by atoms with Gasteiger partial charge in [-0.15, -0.1) is 0 Å². The highest BCUT2D eigenvalue weighted by Crippen LogP contribution is 2.35. The minimum absolute atomic E-state index is 0.217.